The summed E-state index contributed by atoms with van der Waals surface area (Å²) in [4.78, 5) is 0. The van der Waals surface area contributed by atoms with Crippen LogP contribution in [0.1, 0.15) is 33.4 Å². The van der Waals surface area contributed by atoms with Gasteiger partial charge in [-0.3, -0.25) is 0 Å². The topological polar surface area (TPSA) is 0 Å². The summed E-state index contributed by atoms with van der Waals surface area (Å²) in [5, 5.41) is 0. The first-order valence-corrected chi connectivity index (χ1v) is 13.0. The smallest absolute Gasteiger partial charge is 0.0999 e. The molecule has 184 valence electrons. The van der Waals surface area contributed by atoms with Crippen molar-refractivity contribution in [3.05, 3.63) is 227 Å². The predicted molar refractivity (Wildman–Crippen MR) is 166 cm³/mol. The van der Waals surface area contributed by atoms with E-state index in [0.29, 0.717) is 0 Å². The molecule has 0 saturated carbocycles. The SMILES string of the molecule is [Sr+2].c1ccc([C-](c2ccccc2)c2ccccc2)cc1.c1ccc([C-](c2ccccc2)c2ccccc2)cc1. The van der Waals surface area contributed by atoms with Crippen molar-refractivity contribution >= 4 is 45.5 Å². The molecule has 0 aliphatic carbocycles. The van der Waals surface area contributed by atoms with Crippen LogP contribution in [0.5, 0.6) is 0 Å². The Bertz CT molecular complexity index is 1160. The molecule has 6 aromatic rings. The summed E-state index contributed by atoms with van der Waals surface area (Å²) in [6, 6.07) is 63.3. The third-order valence-electron chi connectivity index (χ3n) is 6.37. The van der Waals surface area contributed by atoms with Crippen molar-refractivity contribution in [1.82, 2.24) is 0 Å². The summed E-state index contributed by atoms with van der Waals surface area (Å²) in [6.07, 6.45) is 0. The molecule has 0 radical (unpaired) electrons. The predicted octanol–water partition coefficient (Wildman–Crippen LogP) is 9.03. The third kappa shape index (κ3) is 7.79. The molecule has 6 aromatic carbocycles. The molecular formula is C38H30Sr. The van der Waals surface area contributed by atoms with E-state index in [-0.39, 0.29) is 45.5 Å². The zero-order chi connectivity index (χ0) is 25.8. The van der Waals surface area contributed by atoms with Gasteiger partial charge in [0.2, 0.25) is 0 Å². The summed E-state index contributed by atoms with van der Waals surface area (Å²) in [5.41, 5.74) is 7.50. The maximum atomic E-state index is 2.16. The molecular weight excluding hydrogens is 544 g/mol. The van der Waals surface area contributed by atoms with Crippen molar-refractivity contribution in [2.75, 3.05) is 0 Å². The molecule has 39 heavy (non-hydrogen) atoms. The van der Waals surface area contributed by atoms with Crippen LogP contribution in [0.2, 0.25) is 0 Å². The largest absolute Gasteiger partial charge is 2.00 e. The molecule has 0 atom stereocenters. The van der Waals surface area contributed by atoms with Gasteiger partial charge in [0.05, 0.1) is 0 Å². The molecule has 0 saturated heterocycles. The molecule has 0 aromatic heterocycles. The fourth-order valence-corrected chi connectivity index (χ4v) is 4.63. The Hall–Kier alpha value is -3.46. The third-order valence-corrected chi connectivity index (χ3v) is 6.37. The second-order valence-corrected chi connectivity index (χ2v) is 8.95. The Morgan fingerprint density at radius 1 is 0.205 bits per heavy atom. The summed E-state index contributed by atoms with van der Waals surface area (Å²) in [5.74, 6) is 2.56. The average Bonchev–Trinajstić information content (AvgIpc) is 3.01. The van der Waals surface area contributed by atoms with Gasteiger partial charge in [-0.05, 0) is 0 Å². The zero-order valence-corrected chi connectivity index (χ0v) is 25.5. The molecule has 1 heteroatoms. The minimum Gasteiger partial charge on any atom is -0.0999 e. The van der Waals surface area contributed by atoms with Gasteiger partial charge >= 0.3 is 45.5 Å². The van der Waals surface area contributed by atoms with Crippen LogP contribution >= 0.6 is 0 Å². The second-order valence-electron chi connectivity index (χ2n) is 8.95. The van der Waals surface area contributed by atoms with Crippen LogP contribution in [-0.2, 0) is 0 Å². The Morgan fingerprint density at radius 2 is 0.333 bits per heavy atom. The van der Waals surface area contributed by atoms with Gasteiger partial charge in [0.1, 0.15) is 0 Å². The van der Waals surface area contributed by atoms with Gasteiger partial charge in [-0.2, -0.15) is 0 Å². The molecule has 0 nitrogen and oxygen atoms in total. The maximum Gasteiger partial charge on any atom is 2.00 e. The van der Waals surface area contributed by atoms with Gasteiger partial charge in [-0.1, -0.05) is 227 Å². The van der Waals surface area contributed by atoms with Gasteiger partial charge in [0.15, 0.2) is 0 Å². The summed E-state index contributed by atoms with van der Waals surface area (Å²) in [7, 11) is 0. The van der Waals surface area contributed by atoms with Gasteiger partial charge in [0.25, 0.3) is 0 Å². The molecule has 0 aliphatic heterocycles. The van der Waals surface area contributed by atoms with E-state index in [2.05, 4.69) is 182 Å². The molecule has 6 rings (SSSR count). The van der Waals surface area contributed by atoms with Crippen molar-refractivity contribution in [2.45, 2.75) is 0 Å². The van der Waals surface area contributed by atoms with E-state index < -0.39 is 0 Å². The van der Waals surface area contributed by atoms with Crippen LogP contribution in [0.15, 0.2) is 182 Å². The molecule has 0 aliphatic rings. The van der Waals surface area contributed by atoms with E-state index in [4.69, 9.17) is 0 Å². The summed E-state index contributed by atoms with van der Waals surface area (Å²) >= 11 is 0. The van der Waals surface area contributed by atoms with Gasteiger partial charge in [0, 0.05) is 0 Å². The summed E-state index contributed by atoms with van der Waals surface area (Å²) in [6.45, 7) is 0. The van der Waals surface area contributed by atoms with Crippen LogP contribution < -0.4 is 0 Å². The Balaban J connectivity index is 0.000000176. The van der Waals surface area contributed by atoms with Gasteiger partial charge in [-0.15, -0.1) is 0 Å². The Labute approximate surface area is 270 Å². The van der Waals surface area contributed by atoms with Crippen molar-refractivity contribution in [3.8, 4) is 0 Å². The van der Waals surface area contributed by atoms with Crippen LogP contribution in [0.3, 0.4) is 0 Å². The van der Waals surface area contributed by atoms with E-state index in [0.717, 1.165) is 0 Å². The fraction of sp³-hybridized carbons (Fsp3) is 0. The molecule has 0 amide bonds. The van der Waals surface area contributed by atoms with E-state index in [9.17, 15) is 0 Å². The van der Waals surface area contributed by atoms with Crippen molar-refractivity contribution in [2.24, 2.45) is 0 Å². The standard InChI is InChI=1S/2C19H15.Sr/c2*1-4-10-16(11-5-1)19(17-12-6-2-7-13-17)18-14-8-3-9-15-18;/h2*1-15H;/q2*-1;+2. The minimum absolute atomic E-state index is 0. The first-order valence-electron chi connectivity index (χ1n) is 13.0. The van der Waals surface area contributed by atoms with Gasteiger partial charge < -0.3 is 0 Å². The van der Waals surface area contributed by atoms with Crippen LogP contribution in [0, 0.1) is 11.8 Å². The fourth-order valence-electron chi connectivity index (χ4n) is 4.63. The molecule has 0 unspecified atom stereocenters. The minimum atomic E-state index is 0. The summed E-state index contributed by atoms with van der Waals surface area (Å²) < 4.78 is 0. The number of hydrogen-bond acceptors (Lipinski definition) is 0. The van der Waals surface area contributed by atoms with Crippen molar-refractivity contribution in [1.29, 1.82) is 0 Å². The number of hydrogen-bond donors (Lipinski definition) is 0. The Morgan fingerprint density at radius 3 is 0.462 bits per heavy atom. The Kier molecular flexibility index (Phi) is 11.1. The zero-order valence-electron chi connectivity index (χ0n) is 22.0. The van der Waals surface area contributed by atoms with Crippen molar-refractivity contribution < 1.29 is 0 Å². The maximum absolute atomic E-state index is 2.16. The average molecular weight is 574 g/mol. The van der Waals surface area contributed by atoms with Crippen LogP contribution in [0.25, 0.3) is 0 Å². The van der Waals surface area contributed by atoms with E-state index >= 15 is 0 Å². The molecule has 0 spiro atoms. The van der Waals surface area contributed by atoms with E-state index in [1.807, 2.05) is 0 Å². The molecule has 0 N–H and O–H groups in total. The number of rotatable bonds is 6. The normalized spacial score (nSPS) is 9.85. The van der Waals surface area contributed by atoms with Crippen molar-refractivity contribution in [3.63, 3.8) is 0 Å². The monoisotopic (exact) mass is 574 g/mol. The first-order chi connectivity index (χ1) is 18.9. The van der Waals surface area contributed by atoms with E-state index in [1.165, 1.54) is 45.2 Å². The number of benzene rings is 6. The quantitative estimate of drug-likeness (QED) is 0.106. The van der Waals surface area contributed by atoms with E-state index in [1.54, 1.807) is 0 Å². The molecule has 0 bridgehead atoms. The second kappa shape index (κ2) is 15.2. The molecule has 0 fully saturated rings. The van der Waals surface area contributed by atoms with Crippen LogP contribution in [-0.4, -0.2) is 45.5 Å². The first kappa shape index (κ1) is 28.5. The van der Waals surface area contributed by atoms with Gasteiger partial charge in [-0.25, -0.2) is 0 Å². The van der Waals surface area contributed by atoms with Crippen LogP contribution in [0.4, 0.5) is 0 Å². The molecule has 0 heterocycles.